The number of ether oxygens (including phenoxy) is 3. The van der Waals surface area contributed by atoms with Gasteiger partial charge in [0.25, 0.3) is 0 Å². The summed E-state index contributed by atoms with van der Waals surface area (Å²) in [6.07, 6.45) is 2.98. The lowest BCUT2D eigenvalue weighted by Gasteiger charge is -2.41. The molecule has 2 heterocycles. The van der Waals surface area contributed by atoms with Gasteiger partial charge in [-0.25, -0.2) is 0 Å². The molecule has 4 atom stereocenters. The van der Waals surface area contributed by atoms with E-state index in [1.54, 1.807) is 26.2 Å². The number of methoxy groups -OCH3 is 3. The van der Waals surface area contributed by atoms with Gasteiger partial charge in [0.1, 0.15) is 5.75 Å². The van der Waals surface area contributed by atoms with Crippen molar-refractivity contribution in [2.24, 2.45) is 17.8 Å². The molecule has 2 amide bonds. The normalized spacial score (nSPS) is 23.8. The van der Waals surface area contributed by atoms with Crippen LogP contribution < -0.4 is 24.4 Å². The third-order valence-electron chi connectivity index (χ3n) is 7.93. The number of anilines is 1. The highest BCUT2D eigenvalue weighted by Crippen LogP contribution is 2.42. The van der Waals surface area contributed by atoms with Crippen LogP contribution in [0.2, 0.25) is 0 Å². The van der Waals surface area contributed by atoms with Crippen molar-refractivity contribution >= 4 is 17.5 Å². The summed E-state index contributed by atoms with van der Waals surface area (Å²) in [4.78, 5) is 31.3. The van der Waals surface area contributed by atoms with Gasteiger partial charge in [-0.05, 0) is 79.6 Å². The van der Waals surface area contributed by atoms with Crippen LogP contribution in [-0.2, 0) is 9.59 Å². The van der Waals surface area contributed by atoms with E-state index in [0.29, 0.717) is 48.5 Å². The van der Waals surface area contributed by atoms with E-state index in [1.165, 1.54) is 6.42 Å². The maximum absolute atomic E-state index is 13.7. The molecule has 0 aliphatic carbocycles. The average Bonchev–Trinajstić information content (AvgIpc) is 2.94. The number of nitrogens with one attached hydrogen (secondary N) is 1. The quantitative estimate of drug-likeness (QED) is 0.444. The van der Waals surface area contributed by atoms with Gasteiger partial charge in [-0.2, -0.15) is 0 Å². The number of likely N-dealkylation sites (tertiary alicyclic amines) is 1. The van der Waals surface area contributed by atoms with E-state index in [4.69, 9.17) is 14.2 Å². The van der Waals surface area contributed by atoms with Crippen LogP contribution in [0.4, 0.5) is 5.69 Å². The van der Waals surface area contributed by atoms with Crippen molar-refractivity contribution in [1.29, 1.82) is 0 Å². The Morgan fingerprint density at radius 1 is 0.949 bits per heavy atom. The summed E-state index contributed by atoms with van der Waals surface area (Å²) in [5, 5.41) is 3.19. The first-order valence-electron chi connectivity index (χ1n) is 14.0. The molecule has 39 heavy (non-hydrogen) atoms. The van der Waals surface area contributed by atoms with Crippen molar-refractivity contribution in [3.63, 3.8) is 0 Å². The lowest BCUT2D eigenvalue weighted by Crippen LogP contribution is -2.48. The molecule has 2 aromatic rings. The summed E-state index contributed by atoms with van der Waals surface area (Å²) in [7, 11) is 4.79. The SMILES string of the molecule is COc1ccc(N2C(=O)CC[C@H](C(=O)NCCCN3C[C@H](C)C[C@@H](C)C3)[C@H]2c2ccc(OC)c(OC)c2)cc1. The minimum Gasteiger partial charge on any atom is -0.497 e. The fourth-order valence-corrected chi connectivity index (χ4v) is 6.25. The highest BCUT2D eigenvalue weighted by atomic mass is 16.5. The van der Waals surface area contributed by atoms with Gasteiger partial charge < -0.3 is 29.3 Å². The number of piperidine rings is 2. The van der Waals surface area contributed by atoms with E-state index >= 15 is 0 Å². The summed E-state index contributed by atoms with van der Waals surface area (Å²) >= 11 is 0. The number of carbonyl (C=O) groups is 2. The first kappa shape index (κ1) is 28.7. The summed E-state index contributed by atoms with van der Waals surface area (Å²) in [5.41, 5.74) is 1.55. The van der Waals surface area contributed by atoms with Crippen molar-refractivity contribution in [3.8, 4) is 17.2 Å². The Bertz CT molecular complexity index is 1110. The largest absolute Gasteiger partial charge is 0.497 e. The van der Waals surface area contributed by atoms with Gasteiger partial charge in [-0.1, -0.05) is 19.9 Å². The predicted octanol–water partition coefficient (Wildman–Crippen LogP) is 4.68. The Balaban J connectivity index is 1.55. The lowest BCUT2D eigenvalue weighted by molar-refractivity contribution is -0.129. The van der Waals surface area contributed by atoms with Gasteiger partial charge in [0.2, 0.25) is 11.8 Å². The minimum absolute atomic E-state index is 0.0164. The highest BCUT2D eigenvalue weighted by Gasteiger charge is 2.41. The Labute approximate surface area is 232 Å². The molecule has 0 spiro atoms. The second-order valence-corrected chi connectivity index (χ2v) is 11.0. The summed E-state index contributed by atoms with van der Waals surface area (Å²) in [5.74, 6) is 2.85. The number of carbonyl (C=O) groups excluding carboxylic acids is 2. The zero-order chi connectivity index (χ0) is 27.9. The van der Waals surface area contributed by atoms with E-state index in [0.717, 1.165) is 37.3 Å². The van der Waals surface area contributed by atoms with Gasteiger partial charge in [-0.3, -0.25) is 9.59 Å². The summed E-state index contributed by atoms with van der Waals surface area (Å²) in [6.45, 7) is 8.48. The van der Waals surface area contributed by atoms with Crippen molar-refractivity contribution in [1.82, 2.24) is 10.2 Å². The van der Waals surface area contributed by atoms with Crippen LogP contribution in [0.15, 0.2) is 42.5 Å². The predicted molar refractivity (Wildman–Crippen MR) is 153 cm³/mol. The monoisotopic (exact) mass is 537 g/mol. The van der Waals surface area contributed by atoms with Gasteiger partial charge in [0.15, 0.2) is 11.5 Å². The molecule has 0 saturated carbocycles. The molecule has 0 radical (unpaired) electrons. The van der Waals surface area contributed by atoms with Crippen LogP contribution in [0.3, 0.4) is 0 Å². The molecule has 2 aliphatic rings. The molecule has 0 bridgehead atoms. The minimum atomic E-state index is -0.483. The third kappa shape index (κ3) is 6.85. The Morgan fingerprint density at radius 3 is 2.28 bits per heavy atom. The van der Waals surface area contributed by atoms with E-state index in [-0.39, 0.29) is 11.8 Å². The van der Waals surface area contributed by atoms with Crippen LogP contribution >= 0.6 is 0 Å². The van der Waals surface area contributed by atoms with Crippen molar-refractivity contribution in [2.45, 2.75) is 45.6 Å². The highest BCUT2D eigenvalue weighted by molar-refractivity contribution is 5.97. The Hall–Kier alpha value is -3.26. The number of hydrogen-bond acceptors (Lipinski definition) is 6. The van der Waals surface area contributed by atoms with Crippen LogP contribution in [0, 0.1) is 17.8 Å². The van der Waals surface area contributed by atoms with Gasteiger partial charge in [-0.15, -0.1) is 0 Å². The molecular weight excluding hydrogens is 494 g/mol. The Morgan fingerprint density at radius 2 is 1.64 bits per heavy atom. The number of amides is 2. The van der Waals surface area contributed by atoms with E-state index in [9.17, 15) is 9.59 Å². The molecule has 0 aromatic heterocycles. The molecule has 2 fully saturated rings. The molecule has 2 aliphatic heterocycles. The second-order valence-electron chi connectivity index (χ2n) is 11.0. The molecule has 0 unspecified atom stereocenters. The number of rotatable bonds is 10. The van der Waals surface area contributed by atoms with Crippen LogP contribution in [0.5, 0.6) is 17.2 Å². The smallest absolute Gasteiger partial charge is 0.227 e. The zero-order valence-electron chi connectivity index (χ0n) is 23.9. The second kappa shape index (κ2) is 13.2. The number of nitrogens with zero attached hydrogens (tertiary/aromatic N) is 2. The molecule has 2 saturated heterocycles. The number of benzene rings is 2. The standard InChI is InChI=1S/C31H43N3O5/c1-21-17-22(2)20-33(19-21)16-6-15-32-31(36)26-12-14-29(35)34(24-8-10-25(37-3)11-9-24)30(26)23-7-13-27(38-4)28(18-23)39-5/h7-11,13,18,21-22,26,30H,6,12,14-17,19-20H2,1-5H3,(H,32,36)/t21-,22-,26+,30-/m1/s1. The summed E-state index contributed by atoms with van der Waals surface area (Å²) < 4.78 is 16.3. The first-order valence-corrected chi connectivity index (χ1v) is 14.0. The fraction of sp³-hybridized carbons (Fsp3) is 0.548. The molecule has 8 heteroatoms. The maximum atomic E-state index is 13.7. The van der Waals surface area contributed by atoms with Crippen LogP contribution in [0.25, 0.3) is 0 Å². The molecular formula is C31H43N3O5. The maximum Gasteiger partial charge on any atom is 0.227 e. The van der Waals surface area contributed by atoms with Gasteiger partial charge in [0, 0.05) is 31.7 Å². The molecule has 1 N–H and O–H groups in total. The van der Waals surface area contributed by atoms with E-state index in [1.807, 2.05) is 42.5 Å². The van der Waals surface area contributed by atoms with Crippen LogP contribution in [-0.4, -0.2) is 64.2 Å². The molecule has 4 rings (SSSR count). The number of hydrogen-bond donors (Lipinski definition) is 1. The molecule has 212 valence electrons. The topological polar surface area (TPSA) is 80.3 Å². The van der Waals surface area contributed by atoms with Crippen molar-refractivity contribution in [3.05, 3.63) is 48.0 Å². The first-order chi connectivity index (χ1) is 18.8. The summed E-state index contributed by atoms with van der Waals surface area (Å²) in [6, 6.07) is 12.5. The van der Waals surface area contributed by atoms with E-state index < -0.39 is 12.0 Å². The van der Waals surface area contributed by atoms with Crippen LogP contribution in [0.1, 0.15) is 51.1 Å². The van der Waals surface area contributed by atoms with Crippen molar-refractivity contribution in [2.75, 3.05) is 52.4 Å². The fourth-order valence-electron chi connectivity index (χ4n) is 6.25. The third-order valence-corrected chi connectivity index (χ3v) is 7.93. The van der Waals surface area contributed by atoms with Gasteiger partial charge >= 0.3 is 0 Å². The van der Waals surface area contributed by atoms with E-state index in [2.05, 4.69) is 24.1 Å². The molecule has 8 nitrogen and oxygen atoms in total. The zero-order valence-corrected chi connectivity index (χ0v) is 23.9. The Kier molecular flexibility index (Phi) is 9.73. The molecule has 2 aromatic carbocycles. The lowest BCUT2D eigenvalue weighted by atomic mass is 9.83. The van der Waals surface area contributed by atoms with Gasteiger partial charge in [0.05, 0.1) is 33.3 Å². The average molecular weight is 538 g/mol. The van der Waals surface area contributed by atoms with Crippen molar-refractivity contribution < 1.29 is 23.8 Å².